The number of fused-ring (bicyclic) bond motifs is 1. The lowest BCUT2D eigenvalue weighted by atomic mass is 10.2. The average Bonchev–Trinajstić information content (AvgIpc) is 2.35. The SMILES string of the molecule is Cc1cccc2c(F)csc12. The van der Waals surface area contributed by atoms with Crippen LogP contribution in [0.25, 0.3) is 10.1 Å². The fraction of sp³-hybridized carbons (Fsp3) is 0.111. The van der Waals surface area contributed by atoms with E-state index >= 15 is 0 Å². The predicted molar refractivity (Wildman–Crippen MR) is 46.5 cm³/mol. The molecule has 1 aromatic heterocycles. The fourth-order valence-electron chi connectivity index (χ4n) is 1.17. The van der Waals surface area contributed by atoms with Crippen molar-refractivity contribution in [3.8, 4) is 0 Å². The Kier molecular flexibility index (Phi) is 1.43. The summed E-state index contributed by atoms with van der Waals surface area (Å²) >= 11 is 1.47. The van der Waals surface area contributed by atoms with Gasteiger partial charge in [-0.3, -0.25) is 0 Å². The van der Waals surface area contributed by atoms with Crippen LogP contribution < -0.4 is 0 Å². The molecule has 2 heteroatoms. The fourth-order valence-corrected chi connectivity index (χ4v) is 2.07. The van der Waals surface area contributed by atoms with Crippen LogP contribution in [-0.2, 0) is 0 Å². The summed E-state index contributed by atoms with van der Waals surface area (Å²) < 4.78 is 14.0. The molecule has 0 unspecified atom stereocenters. The van der Waals surface area contributed by atoms with Crippen LogP contribution in [0.1, 0.15) is 5.56 Å². The summed E-state index contributed by atoms with van der Waals surface area (Å²) in [7, 11) is 0. The summed E-state index contributed by atoms with van der Waals surface area (Å²) in [6.45, 7) is 2.00. The highest BCUT2D eigenvalue weighted by molar-refractivity contribution is 7.17. The van der Waals surface area contributed by atoms with Crippen molar-refractivity contribution in [2.24, 2.45) is 0 Å². The lowest BCUT2D eigenvalue weighted by Crippen LogP contribution is -1.71. The highest BCUT2D eigenvalue weighted by Gasteiger charge is 2.03. The Morgan fingerprint density at radius 2 is 2.18 bits per heavy atom. The van der Waals surface area contributed by atoms with Crippen molar-refractivity contribution in [1.29, 1.82) is 0 Å². The number of hydrogen-bond donors (Lipinski definition) is 0. The molecule has 2 aromatic rings. The molecule has 2 rings (SSSR count). The Bertz CT molecular complexity index is 389. The molecule has 0 fully saturated rings. The van der Waals surface area contributed by atoms with E-state index in [4.69, 9.17) is 0 Å². The van der Waals surface area contributed by atoms with Gasteiger partial charge < -0.3 is 0 Å². The van der Waals surface area contributed by atoms with Gasteiger partial charge in [-0.15, -0.1) is 11.3 Å². The van der Waals surface area contributed by atoms with Crippen molar-refractivity contribution in [1.82, 2.24) is 0 Å². The van der Waals surface area contributed by atoms with Crippen LogP contribution in [0.15, 0.2) is 23.6 Å². The third-order valence-electron chi connectivity index (χ3n) is 1.75. The standard InChI is InChI=1S/C9H7FS/c1-6-3-2-4-7-8(10)5-11-9(6)7/h2-5H,1H3. The Hall–Kier alpha value is -0.890. The Morgan fingerprint density at radius 3 is 2.91 bits per heavy atom. The Labute approximate surface area is 68.3 Å². The van der Waals surface area contributed by atoms with Crippen molar-refractivity contribution in [3.63, 3.8) is 0 Å². The highest BCUT2D eigenvalue weighted by atomic mass is 32.1. The smallest absolute Gasteiger partial charge is 0.141 e. The summed E-state index contributed by atoms with van der Waals surface area (Å²) in [5.74, 6) is -0.103. The van der Waals surface area contributed by atoms with Gasteiger partial charge in [-0.25, -0.2) is 4.39 Å². The minimum absolute atomic E-state index is 0.103. The van der Waals surface area contributed by atoms with Gasteiger partial charge in [0.15, 0.2) is 0 Å². The van der Waals surface area contributed by atoms with Crippen LogP contribution in [0.5, 0.6) is 0 Å². The first-order chi connectivity index (χ1) is 5.29. The zero-order valence-electron chi connectivity index (χ0n) is 6.10. The van der Waals surface area contributed by atoms with Crippen LogP contribution in [0.4, 0.5) is 4.39 Å². The maximum absolute atomic E-state index is 12.9. The molecule has 1 heterocycles. The summed E-state index contributed by atoms with van der Waals surface area (Å²) in [5.41, 5.74) is 1.15. The van der Waals surface area contributed by atoms with Crippen molar-refractivity contribution < 1.29 is 4.39 Å². The number of thiophene rings is 1. The molecule has 0 nitrogen and oxygen atoms in total. The molecule has 0 radical (unpaired) electrons. The van der Waals surface area contributed by atoms with E-state index in [0.29, 0.717) is 0 Å². The predicted octanol–water partition coefficient (Wildman–Crippen LogP) is 3.35. The molecule has 0 N–H and O–H groups in total. The number of benzene rings is 1. The van der Waals surface area contributed by atoms with Gasteiger partial charge in [-0.2, -0.15) is 0 Å². The van der Waals surface area contributed by atoms with Crippen molar-refractivity contribution >= 4 is 21.4 Å². The summed E-state index contributed by atoms with van der Waals surface area (Å²) in [5, 5.41) is 2.30. The van der Waals surface area contributed by atoms with Crippen LogP contribution in [0.2, 0.25) is 0 Å². The largest absolute Gasteiger partial charge is 0.205 e. The average molecular weight is 166 g/mol. The zero-order valence-corrected chi connectivity index (χ0v) is 6.91. The molecule has 0 spiro atoms. The van der Waals surface area contributed by atoms with E-state index in [0.717, 1.165) is 15.6 Å². The third-order valence-corrected chi connectivity index (χ3v) is 2.85. The number of halogens is 1. The lowest BCUT2D eigenvalue weighted by molar-refractivity contribution is 0.644. The second-order valence-corrected chi connectivity index (χ2v) is 3.41. The normalized spacial score (nSPS) is 10.7. The van der Waals surface area contributed by atoms with Gasteiger partial charge >= 0.3 is 0 Å². The van der Waals surface area contributed by atoms with E-state index < -0.39 is 0 Å². The molecule has 0 atom stereocenters. The maximum Gasteiger partial charge on any atom is 0.141 e. The zero-order chi connectivity index (χ0) is 7.84. The molecule has 11 heavy (non-hydrogen) atoms. The second kappa shape index (κ2) is 2.31. The molecular weight excluding hydrogens is 159 g/mol. The molecule has 0 aliphatic carbocycles. The summed E-state index contributed by atoms with van der Waals surface area (Å²) in [6, 6.07) is 5.69. The summed E-state index contributed by atoms with van der Waals surface area (Å²) in [6.07, 6.45) is 0. The van der Waals surface area contributed by atoms with Gasteiger partial charge in [0.1, 0.15) is 5.82 Å². The van der Waals surface area contributed by atoms with Gasteiger partial charge in [0.2, 0.25) is 0 Å². The maximum atomic E-state index is 12.9. The first kappa shape index (κ1) is 6.80. The van der Waals surface area contributed by atoms with Gasteiger partial charge in [0, 0.05) is 15.5 Å². The molecule has 0 aliphatic rings. The monoisotopic (exact) mass is 166 g/mol. The third kappa shape index (κ3) is 0.942. The quantitative estimate of drug-likeness (QED) is 0.563. The van der Waals surface area contributed by atoms with Crippen LogP contribution >= 0.6 is 11.3 Å². The minimum atomic E-state index is -0.103. The van der Waals surface area contributed by atoms with Gasteiger partial charge in [-0.05, 0) is 12.5 Å². The van der Waals surface area contributed by atoms with Crippen LogP contribution in [-0.4, -0.2) is 0 Å². The lowest BCUT2D eigenvalue weighted by Gasteiger charge is -1.92. The van der Waals surface area contributed by atoms with E-state index in [1.807, 2.05) is 25.1 Å². The van der Waals surface area contributed by atoms with Crippen molar-refractivity contribution in [2.45, 2.75) is 6.92 Å². The summed E-state index contributed by atoms with van der Waals surface area (Å²) in [4.78, 5) is 0. The Morgan fingerprint density at radius 1 is 1.36 bits per heavy atom. The van der Waals surface area contributed by atoms with Gasteiger partial charge in [0.05, 0.1) is 0 Å². The minimum Gasteiger partial charge on any atom is -0.205 e. The Balaban J connectivity index is 2.94. The molecule has 0 aliphatic heterocycles. The van der Waals surface area contributed by atoms with E-state index in [-0.39, 0.29) is 5.82 Å². The first-order valence-electron chi connectivity index (χ1n) is 3.41. The molecule has 0 amide bonds. The second-order valence-electron chi connectivity index (χ2n) is 2.54. The number of hydrogen-bond acceptors (Lipinski definition) is 1. The topological polar surface area (TPSA) is 0 Å². The molecule has 0 saturated heterocycles. The van der Waals surface area contributed by atoms with Gasteiger partial charge in [-0.1, -0.05) is 18.2 Å². The highest BCUT2D eigenvalue weighted by Crippen LogP contribution is 2.26. The molecular formula is C9H7FS. The molecule has 56 valence electrons. The molecule has 1 aromatic carbocycles. The number of rotatable bonds is 0. The van der Waals surface area contributed by atoms with Gasteiger partial charge in [0.25, 0.3) is 0 Å². The first-order valence-corrected chi connectivity index (χ1v) is 4.29. The molecule has 0 bridgehead atoms. The van der Waals surface area contributed by atoms with E-state index in [2.05, 4.69) is 0 Å². The van der Waals surface area contributed by atoms with Crippen LogP contribution in [0, 0.1) is 12.7 Å². The van der Waals surface area contributed by atoms with E-state index in [9.17, 15) is 4.39 Å². The van der Waals surface area contributed by atoms with Crippen molar-refractivity contribution in [3.05, 3.63) is 35.0 Å². The van der Waals surface area contributed by atoms with E-state index in [1.54, 1.807) is 5.38 Å². The van der Waals surface area contributed by atoms with Crippen LogP contribution in [0.3, 0.4) is 0 Å². The van der Waals surface area contributed by atoms with Crippen molar-refractivity contribution in [2.75, 3.05) is 0 Å². The number of aryl methyl sites for hydroxylation is 1. The molecule has 0 saturated carbocycles. The van der Waals surface area contributed by atoms with E-state index in [1.165, 1.54) is 11.3 Å².